The molecule has 1 aliphatic carbocycles. The van der Waals surface area contributed by atoms with Crippen LogP contribution in [-0.2, 0) is 14.3 Å². The first-order chi connectivity index (χ1) is 19.0. The van der Waals surface area contributed by atoms with Gasteiger partial charge in [-0.2, -0.15) is 0 Å². The van der Waals surface area contributed by atoms with Crippen molar-refractivity contribution in [2.45, 2.75) is 29.9 Å². The molecule has 1 heterocycles. The molecule has 5 rings (SSSR count). The van der Waals surface area contributed by atoms with E-state index in [4.69, 9.17) is 4.74 Å². The third kappa shape index (κ3) is 6.58. The van der Waals surface area contributed by atoms with E-state index in [1.54, 1.807) is 6.92 Å². The molecule has 8 heteroatoms. The molecule has 1 atom stereocenters. The number of amides is 2. The van der Waals surface area contributed by atoms with E-state index in [1.807, 2.05) is 90.3 Å². The lowest BCUT2D eigenvalue weighted by Crippen LogP contribution is -2.20. The highest BCUT2D eigenvalue weighted by atomic mass is 32.2. The number of carbonyl (C=O) groups excluding carboxylic acids is 3. The molecule has 2 N–H and O–H groups in total. The van der Waals surface area contributed by atoms with Crippen molar-refractivity contribution in [1.29, 1.82) is 0 Å². The second-order valence-electron chi connectivity index (χ2n) is 9.13. The molecule has 0 aliphatic heterocycles. The van der Waals surface area contributed by atoms with Gasteiger partial charge < -0.3 is 15.4 Å². The first kappa shape index (κ1) is 26.7. The average Bonchev–Trinajstić information content (AvgIpc) is 3.73. The summed E-state index contributed by atoms with van der Waals surface area (Å²) in [5.74, 6) is -0.598. The van der Waals surface area contributed by atoms with E-state index < -0.39 is 11.2 Å². The Kier molecular flexibility index (Phi) is 8.44. The summed E-state index contributed by atoms with van der Waals surface area (Å²) < 4.78 is 5.35. The number of nitrogens with one attached hydrogen (secondary N) is 2. The van der Waals surface area contributed by atoms with E-state index in [-0.39, 0.29) is 24.3 Å². The third-order valence-corrected chi connectivity index (χ3v) is 8.38. The summed E-state index contributed by atoms with van der Waals surface area (Å²) in [6, 6.07) is 26.6. The van der Waals surface area contributed by atoms with Crippen molar-refractivity contribution in [3.63, 3.8) is 0 Å². The Morgan fingerprint density at radius 2 is 1.67 bits per heavy atom. The maximum absolute atomic E-state index is 13.8. The van der Waals surface area contributed by atoms with E-state index >= 15 is 0 Å². The Balaban J connectivity index is 1.43. The highest BCUT2D eigenvalue weighted by Gasteiger charge is 2.30. The summed E-state index contributed by atoms with van der Waals surface area (Å²) in [5.41, 5.74) is 3.47. The third-order valence-electron chi connectivity index (χ3n) is 6.24. The zero-order valence-electron chi connectivity index (χ0n) is 21.4. The molecular formula is C31H28N2O4S2. The van der Waals surface area contributed by atoms with Crippen LogP contribution in [0.2, 0.25) is 0 Å². The van der Waals surface area contributed by atoms with Gasteiger partial charge in [-0.25, -0.2) is 4.79 Å². The van der Waals surface area contributed by atoms with Crippen LogP contribution < -0.4 is 10.6 Å². The number of esters is 1. The first-order valence-electron chi connectivity index (χ1n) is 12.8. The Labute approximate surface area is 235 Å². The number of thiophene rings is 1. The van der Waals surface area contributed by atoms with E-state index in [2.05, 4.69) is 10.6 Å². The van der Waals surface area contributed by atoms with Gasteiger partial charge in [0, 0.05) is 27.4 Å². The molecule has 0 radical (unpaired) electrons. The standard InChI is InChI=1S/C31H28N2O4S2/c1-2-37-31(36)26-25(20-10-5-3-6-11-20)19-38-30(26)33-29(35)27(21-12-7-4-8-13-21)39-24-15-9-14-23(18-24)32-28(34)22-16-17-22/h3-15,18-19,22,27H,2,16-17H2,1H3,(H,32,34)(H,33,35). The second-order valence-corrected chi connectivity index (χ2v) is 11.2. The van der Waals surface area contributed by atoms with Crippen molar-refractivity contribution < 1.29 is 19.1 Å². The minimum absolute atomic E-state index is 0.0351. The van der Waals surface area contributed by atoms with Crippen molar-refractivity contribution in [1.82, 2.24) is 0 Å². The Morgan fingerprint density at radius 1 is 0.949 bits per heavy atom. The fraction of sp³-hybridized carbons (Fsp3) is 0.194. The summed E-state index contributed by atoms with van der Waals surface area (Å²) >= 11 is 2.69. The van der Waals surface area contributed by atoms with Crippen molar-refractivity contribution >= 4 is 51.6 Å². The number of anilines is 2. The largest absolute Gasteiger partial charge is 0.462 e. The molecule has 39 heavy (non-hydrogen) atoms. The number of hydrogen-bond donors (Lipinski definition) is 2. The molecule has 0 bridgehead atoms. The predicted octanol–water partition coefficient (Wildman–Crippen LogP) is 7.41. The van der Waals surface area contributed by atoms with E-state index in [9.17, 15) is 14.4 Å². The molecule has 1 aromatic heterocycles. The van der Waals surface area contributed by atoms with Crippen molar-refractivity contribution in [2.75, 3.05) is 17.2 Å². The van der Waals surface area contributed by atoms with Crippen molar-refractivity contribution in [3.05, 3.63) is 101 Å². The number of thioether (sulfide) groups is 1. The van der Waals surface area contributed by atoms with Crippen LogP contribution in [0.3, 0.4) is 0 Å². The average molecular weight is 557 g/mol. The number of ether oxygens (including phenoxy) is 1. The second kappa shape index (κ2) is 12.3. The van der Waals surface area contributed by atoms with Crippen LogP contribution >= 0.6 is 23.1 Å². The lowest BCUT2D eigenvalue weighted by molar-refractivity contribution is -0.117. The van der Waals surface area contributed by atoms with Crippen LogP contribution in [-0.4, -0.2) is 24.4 Å². The van der Waals surface area contributed by atoms with Crippen LogP contribution in [0, 0.1) is 5.92 Å². The summed E-state index contributed by atoms with van der Waals surface area (Å²) in [4.78, 5) is 39.9. The number of hydrogen-bond acceptors (Lipinski definition) is 6. The van der Waals surface area contributed by atoms with Gasteiger partial charge in [0.25, 0.3) is 0 Å². The van der Waals surface area contributed by atoms with Gasteiger partial charge in [0.2, 0.25) is 11.8 Å². The molecule has 2 amide bonds. The van der Waals surface area contributed by atoms with Gasteiger partial charge in [0.15, 0.2) is 0 Å². The quantitative estimate of drug-likeness (QED) is 0.157. The van der Waals surface area contributed by atoms with Crippen molar-refractivity contribution in [3.8, 4) is 11.1 Å². The smallest absolute Gasteiger partial charge is 0.341 e. The van der Waals surface area contributed by atoms with Gasteiger partial charge in [0.05, 0.1) is 6.61 Å². The van der Waals surface area contributed by atoms with Gasteiger partial charge in [-0.15, -0.1) is 23.1 Å². The predicted molar refractivity (Wildman–Crippen MR) is 157 cm³/mol. The van der Waals surface area contributed by atoms with Gasteiger partial charge in [-0.05, 0) is 49.1 Å². The number of rotatable bonds is 10. The first-order valence-corrected chi connectivity index (χ1v) is 14.6. The van der Waals surface area contributed by atoms with Crippen LogP contribution in [0.15, 0.2) is 95.2 Å². The number of benzene rings is 3. The molecule has 198 valence electrons. The van der Waals surface area contributed by atoms with Crippen LogP contribution in [0.25, 0.3) is 11.1 Å². The maximum atomic E-state index is 13.8. The monoisotopic (exact) mass is 556 g/mol. The van der Waals surface area contributed by atoms with E-state index in [0.29, 0.717) is 16.3 Å². The molecule has 3 aromatic carbocycles. The minimum atomic E-state index is -0.599. The summed E-state index contributed by atoms with van der Waals surface area (Å²) in [5, 5.41) is 7.71. The Bertz CT molecular complexity index is 1470. The topological polar surface area (TPSA) is 84.5 Å². The lowest BCUT2D eigenvalue weighted by Gasteiger charge is -2.18. The van der Waals surface area contributed by atoms with Gasteiger partial charge in [-0.3, -0.25) is 9.59 Å². The van der Waals surface area contributed by atoms with Gasteiger partial charge in [-0.1, -0.05) is 66.7 Å². The molecule has 1 aliphatic rings. The van der Waals surface area contributed by atoms with Gasteiger partial charge in [0.1, 0.15) is 15.8 Å². The molecule has 1 fully saturated rings. The zero-order valence-corrected chi connectivity index (χ0v) is 23.0. The van der Waals surface area contributed by atoms with E-state index in [0.717, 1.165) is 34.4 Å². The minimum Gasteiger partial charge on any atom is -0.462 e. The maximum Gasteiger partial charge on any atom is 0.341 e. The lowest BCUT2D eigenvalue weighted by atomic mass is 10.0. The fourth-order valence-corrected chi connectivity index (χ4v) is 6.18. The van der Waals surface area contributed by atoms with Crippen LogP contribution in [0.1, 0.15) is 40.9 Å². The summed E-state index contributed by atoms with van der Waals surface area (Å²) in [6.45, 7) is 1.99. The van der Waals surface area contributed by atoms with E-state index in [1.165, 1.54) is 23.1 Å². The number of carbonyl (C=O) groups is 3. The van der Waals surface area contributed by atoms with Crippen LogP contribution in [0.4, 0.5) is 10.7 Å². The molecule has 0 spiro atoms. The summed E-state index contributed by atoms with van der Waals surface area (Å²) in [7, 11) is 0. The molecule has 1 saturated carbocycles. The molecular weight excluding hydrogens is 528 g/mol. The summed E-state index contributed by atoms with van der Waals surface area (Å²) in [6.07, 6.45) is 1.86. The Hall–Kier alpha value is -3.88. The van der Waals surface area contributed by atoms with Crippen molar-refractivity contribution in [2.24, 2.45) is 5.92 Å². The highest BCUT2D eigenvalue weighted by molar-refractivity contribution is 8.00. The highest BCUT2D eigenvalue weighted by Crippen LogP contribution is 2.40. The zero-order chi connectivity index (χ0) is 27.2. The molecule has 0 saturated heterocycles. The SMILES string of the molecule is CCOC(=O)c1c(-c2ccccc2)csc1NC(=O)C(Sc1cccc(NC(=O)C2CC2)c1)c1ccccc1. The normalized spacial score (nSPS) is 13.4. The molecule has 4 aromatic rings. The Morgan fingerprint density at radius 3 is 2.36 bits per heavy atom. The molecule has 6 nitrogen and oxygen atoms in total. The fourth-order valence-electron chi connectivity index (χ4n) is 4.14. The van der Waals surface area contributed by atoms with Gasteiger partial charge >= 0.3 is 5.97 Å². The van der Waals surface area contributed by atoms with Crippen LogP contribution in [0.5, 0.6) is 0 Å². The molecule has 1 unspecified atom stereocenters.